The molecule has 0 atom stereocenters. The normalized spacial score (nSPS) is 16.3. The Kier molecular flexibility index (Phi) is 5.71. The van der Waals surface area contributed by atoms with Gasteiger partial charge < -0.3 is 14.6 Å². The molecule has 0 bridgehead atoms. The lowest BCUT2D eigenvalue weighted by atomic mass is 9.98. The maximum absolute atomic E-state index is 9.23. The molecule has 1 aliphatic heterocycles. The minimum absolute atomic E-state index is 0.311. The van der Waals surface area contributed by atoms with Gasteiger partial charge in [-0.15, -0.1) is 11.3 Å². The zero-order valence-electron chi connectivity index (χ0n) is 14.2. The number of thiazole rings is 1. The van der Waals surface area contributed by atoms with E-state index in [0.29, 0.717) is 12.5 Å². The van der Waals surface area contributed by atoms with E-state index in [1.54, 1.807) is 25.6 Å². The first-order valence-corrected chi connectivity index (χ1v) is 9.11. The fourth-order valence-electron chi connectivity index (χ4n) is 3.03. The number of methoxy groups -OCH3 is 2. The van der Waals surface area contributed by atoms with Crippen LogP contribution in [-0.2, 0) is 6.54 Å². The molecule has 0 radical (unpaired) electrons. The second kappa shape index (κ2) is 7.96. The van der Waals surface area contributed by atoms with Crippen molar-refractivity contribution in [3.63, 3.8) is 0 Å². The third-order valence-electron chi connectivity index (χ3n) is 4.54. The predicted octanol–water partition coefficient (Wildman–Crippen LogP) is 3.03. The molecule has 1 fully saturated rings. The molecule has 0 unspecified atom stereocenters. The van der Waals surface area contributed by atoms with E-state index >= 15 is 0 Å². The summed E-state index contributed by atoms with van der Waals surface area (Å²) in [7, 11) is 3.31. The maximum Gasteiger partial charge on any atom is 0.132 e. The molecule has 3 rings (SSSR count). The number of aliphatic hydroxyl groups is 1. The molecule has 24 heavy (non-hydrogen) atoms. The summed E-state index contributed by atoms with van der Waals surface area (Å²) in [5, 5.41) is 12.3. The van der Waals surface area contributed by atoms with Crippen LogP contribution >= 0.6 is 11.3 Å². The van der Waals surface area contributed by atoms with Crippen molar-refractivity contribution in [1.29, 1.82) is 0 Å². The number of rotatable bonds is 6. The van der Waals surface area contributed by atoms with Crippen LogP contribution in [0, 0.1) is 5.92 Å². The molecule has 5 nitrogen and oxygen atoms in total. The van der Waals surface area contributed by atoms with Gasteiger partial charge in [0.1, 0.15) is 16.5 Å². The fourth-order valence-corrected chi connectivity index (χ4v) is 3.88. The Labute approximate surface area is 146 Å². The van der Waals surface area contributed by atoms with Gasteiger partial charge in [0.15, 0.2) is 0 Å². The highest BCUT2D eigenvalue weighted by atomic mass is 32.1. The first-order valence-electron chi connectivity index (χ1n) is 8.23. The van der Waals surface area contributed by atoms with Gasteiger partial charge in [0.2, 0.25) is 0 Å². The third kappa shape index (κ3) is 3.88. The number of aliphatic hydroxyl groups excluding tert-OH is 1. The van der Waals surface area contributed by atoms with Gasteiger partial charge in [0, 0.05) is 24.6 Å². The largest absolute Gasteiger partial charge is 0.497 e. The van der Waals surface area contributed by atoms with Crippen LogP contribution in [0.5, 0.6) is 11.5 Å². The SMILES string of the molecule is COc1ccc(-c2nc(CN3CCC(CO)CC3)cs2)c(OC)c1. The van der Waals surface area contributed by atoms with Crippen molar-refractivity contribution >= 4 is 11.3 Å². The molecule has 0 amide bonds. The lowest BCUT2D eigenvalue weighted by Gasteiger charge is -2.30. The molecular weight excluding hydrogens is 324 g/mol. The summed E-state index contributed by atoms with van der Waals surface area (Å²) in [6.07, 6.45) is 2.14. The lowest BCUT2D eigenvalue weighted by Crippen LogP contribution is -2.34. The van der Waals surface area contributed by atoms with E-state index < -0.39 is 0 Å². The van der Waals surface area contributed by atoms with Gasteiger partial charge in [0.25, 0.3) is 0 Å². The van der Waals surface area contributed by atoms with E-state index in [1.165, 1.54) is 0 Å². The van der Waals surface area contributed by atoms with Crippen LogP contribution < -0.4 is 9.47 Å². The van der Waals surface area contributed by atoms with Crippen LogP contribution in [0.25, 0.3) is 10.6 Å². The van der Waals surface area contributed by atoms with Crippen LogP contribution in [-0.4, -0.2) is 48.9 Å². The molecule has 1 aliphatic rings. The first kappa shape index (κ1) is 17.2. The third-order valence-corrected chi connectivity index (χ3v) is 5.47. The van der Waals surface area contributed by atoms with Crippen LogP contribution in [0.4, 0.5) is 0 Å². The minimum atomic E-state index is 0.311. The molecule has 1 aromatic heterocycles. The Morgan fingerprint density at radius 3 is 2.71 bits per heavy atom. The van der Waals surface area contributed by atoms with Crippen molar-refractivity contribution in [2.75, 3.05) is 33.9 Å². The molecule has 0 saturated carbocycles. The average molecular weight is 348 g/mol. The molecular formula is C18H24N2O3S. The van der Waals surface area contributed by atoms with E-state index in [1.807, 2.05) is 18.2 Å². The predicted molar refractivity (Wildman–Crippen MR) is 95.7 cm³/mol. The standard InChI is InChI=1S/C18H24N2O3S/c1-22-15-3-4-16(17(9-15)23-2)18-19-14(12-24-18)10-20-7-5-13(11-21)6-8-20/h3-4,9,12-13,21H,5-8,10-11H2,1-2H3. The van der Waals surface area contributed by atoms with Crippen molar-refractivity contribution in [1.82, 2.24) is 9.88 Å². The molecule has 0 aliphatic carbocycles. The van der Waals surface area contributed by atoms with Gasteiger partial charge in [-0.3, -0.25) is 4.90 Å². The Hall–Kier alpha value is -1.63. The van der Waals surface area contributed by atoms with Gasteiger partial charge in [-0.05, 0) is 44.0 Å². The fraction of sp³-hybridized carbons (Fsp3) is 0.500. The second-order valence-corrected chi connectivity index (χ2v) is 6.97. The average Bonchev–Trinajstić information content (AvgIpc) is 3.10. The van der Waals surface area contributed by atoms with E-state index in [9.17, 15) is 5.11 Å². The van der Waals surface area contributed by atoms with Gasteiger partial charge in [-0.25, -0.2) is 4.98 Å². The highest BCUT2D eigenvalue weighted by Gasteiger charge is 2.19. The van der Waals surface area contributed by atoms with Gasteiger partial charge >= 0.3 is 0 Å². The summed E-state index contributed by atoms with van der Waals surface area (Å²) in [5.74, 6) is 2.02. The molecule has 1 saturated heterocycles. The number of nitrogens with zero attached hydrogens (tertiary/aromatic N) is 2. The Bertz CT molecular complexity index is 666. The summed E-state index contributed by atoms with van der Waals surface area (Å²) in [6, 6.07) is 5.81. The summed E-state index contributed by atoms with van der Waals surface area (Å²) in [6.45, 7) is 3.24. The van der Waals surface area contributed by atoms with Gasteiger partial charge in [-0.2, -0.15) is 0 Å². The van der Waals surface area contributed by atoms with E-state index in [0.717, 1.165) is 60.2 Å². The number of hydrogen-bond donors (Lipinski definition) is 1. The van der Waals surface area contributed by atoms with Crippen molar-refractivity contribution in [2.24, 2.45) is 5.92 Å². The molecule has 2 aromatic rings. The molecule has 6 heteroatoms. The van der Waals surface area contributed by atoms with E-state index in [2.05, 4.69) is 10.3 Å². The van der Waals surface area contributed by atoms with Gasteiger partial charge in [0.05, 0.1) is 25.5 Å². The highest BCUT2D eigenvalue weighted by molar-refractivity contribution is 7.13. The van der Waals surface area contributed by atoms with Crippen LogP contribution in [0.3, 0.4) is 0 Å². The van der Waals surface area contributed by atoms with Crippen LogP contribution in [0.1, 0.15) is 18.5 Å². The number of piperidine rings is 1. The quantitative estimate of drug-likeness (QED) is 0.870. The van der Waals surface area contributed by atoms with E-state index in [-0.39, 0.29) is 0 Å². The number of likely N-dealkylation sites (tertiary alicyclic amines) is 1. The number of aromatic nitrogens is 1. The topological polar surface area (TPSA) is 54.8 Å². The smallest absolute Gasteiger partial charge is 0.132 e. The molecule has 130 valence electrons. The lowest BCUT2D eigenvalue weighted by molar-refractivity contribution is 0.126. The summed E-state index contributed by atoms with van der Waals surface area (Å²) in [5.41, 5.74) is 2.09. The second-order valence-electron chi connectivity index (χ2n) is 6.11. The highest BCUT2D eigenvalue weighted by Crippen LogP contribution is 2.35. The number of benzene rings is 1. The first-order chi connectivity index (χ1) is 11.7. The van der Waals surface area contributed by atoms with Crippen LogP contribution in [0.15, 0.2) is 23.6 Å². The van der Waals surface area contributed by atoms with E-state index in [4.69, 9.17) is 14.5 Å². The summed E-state index contributed by atoms with van der Waals surface area (Å²) in [4.78, 5) is 7.20. The van der Waals surface area contributed by atoms with Crippen LogP contribution in [0.2, 0.25) is 0 Å². The molecule has 2 heterocycles. The zero-order valence-corrected chi connectivity index (χ0v) is 15.0. The Morgan fingerprint density at radius 2 is 2.04 bits per heavy atom. The Morgan fingerprint density at radius 1 is 1.25 bits per heavy atom. The Balaban J connectivity index is 1.70. The molecule has 1 aromatic carbocycles. The van der Waals surface area contributed by atoms with Crippen molar-refractivity contribution in [2.45, 2.75) is 19.4 Å². The summed E-state index contributed by atoms with van der Waals surface area (Å²) < 4.78 is 10.7. The zero-order chi connectivity index (χ0) is 16.9. The van der Waals surface area contributed by atoms with Crippen molar-refractivity contribution < 1.29 is 14.6 Å². The number of ether oxygens (including phenoxy) is 2. The van der Waals surface area contributed by atoms with Gasteiger partial charge in [-0.1, -0.05) is 0 Å². The molecule has 0 spiro atoms. The van der Waals surface area contributed by atoms with Crippen molar-refractivity contribution in [3.8, 4) is 22.1 Å². The minimum Gasteiger partial charge on any atom is -0.497 e. The number of hydrogen-bond acceptors (Lipinski definition) is 6. The van der Waals surface area contributed by atoms with Crippen molar-refractivity contribution in [3.05, 3.63) is 29.3 Å². The molecule has 1 N–H and O–H groups in total. The summed E-state index contributed by atoms with van der Waals surface area (Å²) >= 11 is 1.64. The monoisotopic (exact) mass is 348 g/mol. The maximum atomic E-state index is 9.23.